The summed E-state index contributed by atoms with van der Waals surface area (Å²) in [6.07, 6.45) is 7.06. The van der Waals surface area contributed by atoms with Gasteiger partial charge in [-0.2, -0.15) is 5.10 Å². The molecule has 1 amide bonds. The van der Waals surface area contributed by atoms with E-state index >= 15 is 0 Å². The van der Waals surface area contributed by atoms with Gasteiger partial charge >= 0.3 is 0 Å². The zero-order chi connectivity index (χ0) is 17.6. The summed E-state index contributed by atoms with van der Waals surface area (Å²) in [5.74, 6) is -0.161. The second-order valence-corrected chi connectivity index (χ2v) is 6.16. The molecule has 132 valence electrons. The number of nitrogens with zero attached hydrogens (tertiary/aromatic N) is 4. The molecule has 0 N–H and O–H groups in total. The molecule has 6 heteroatoms. The van der Waals surface area contributed by atoms with Crippen molar-refractivity contribution < 1.29 is 9.18 Å². The van der Waals surface area contributed by atoms with E-state index in [2.05, 4.69) is 10.00 Å². The van der Waals surface area contributed by atoms with Crippen LogP contribution in [0.25, 0.3) is 6.08 Å². The van der Waals surface area contributed by atoms with Crippen molar-refractivity contribution in [1.29, 1.82) is 0 Å². The number of carbonyl (C=O) groups is 1. The third kappa shape index (κ3) is 4.54. The van der Waals surface area contributed by atoms with Gasteiger partial charge in [0, 0.05) is 62.7 Å². The maximum atomic E-state index is 13.7. The minimum atomic E-state index is -0.170. The lowest BCUT2D eigenvalue weighted by Crippen LogP contribution is -2.47. The number of rotatable bonds is 5. The Bertz CT molecular complexity index is 747. The maximum absolute atomic E-state index is 13.7. The van der Waals surface area contributed by atoms with Crippen molar-refractivity contribution in [1.82, 2.24) is 19.6 Å². The van der Waals surface area contributed by atoms with Crippen LogP contribution in [-0.2, 0) is 17.9 Å². The minimum absolute atomic E-state index is 0.00906. The third-order valence-electron chi connectivity index (χ3n) is 4.43. The normalized spacial score (nSPS) is 15.8. The summed E-state index contributed by atoms with van der Waals surface area (Å²) in [4.78, 5) is 16.3. The molecule has 5 nitrogen and oxygen atoms in total. The summed E-state index contributed by atoms with van der Waals surface area (Å²) >= 11 is 0. The molecule has 0 spiro atoms. The van der Waals surface area contributed by atoms with Crippen molar-refractivity contribution in [2.45, 2.75) is 20.0 Å². The number of aromatic nitrogens is 2. The van der Waals surface area contributed by atoms with Gasteiger partial charge in [0.05, 0.1) is 6.20 Å². The first-order chi connectivity index (χ1) is 12.2. The van der Waals surface area contributed by atoms with Crippen LogP contribution in [0.5, 0.6) is 0 Å². The molecule has 1 aromatic heterocycles. The molecule has 3 rings (SSSR count). The van der Waals surface area contributed by atoms with Crippen molar-refractivity contribution in [3.8, 4) is 0 Å². The fraction of sp³-hybridized carbons (Fsp3) is 0.368. The van der Waals surface area contributed by atoms with E-state index in [4.69, 9.17) is 0 Å². The number of hydrogen-bond donors (Lipinski definition) is 0. The average molecular weight is 342 g/mol. The minimum Gasteiger partial charge on any atom is -0.337 e. The number of amides is 1. The molecule has 25 heavy (non-hydrogen) atoms. The molecular weight excluding hydrogens is 319 g/mol. The maximum Gasteiger partial charge on any atom is 0.246 e. The lowest BCUT2D eigenvalue weighted by atomic mass is 10.2. The molecule has 0 atom stereocenters. The summed E-state index contributed by atoms with van der Waals surface area (Å²) in [6.45, 7) is 6.24. The first kappa shape index (κ1) is 17.4. The van der Waals surface area contributed by atoms with Crippen LogP contribution in [-0.4, -0.2) is 51.7 Å². The van der Waals surface area contributed by atoms with Gasteiger partial charge in [0.1, 0.15) is 5.82 Å². The van der Waals surface area contributed by atoms with Gasteiger partial charge in [-0.15, -0.1) is 0 Å². The van der Waals surface area contributed by atoms with Gasteiger partial charge < -0.3 is 4.90 Å². The molecule has 2 heterocycles. The van der Waals surface area contributed by atoms with Gasteiger partial charge in [0.25, 0.3) is 0 Å². The Balaban J connectivity index is 1.50. The first-order valence-electron chi connectivity index (χ1n) is 8.61. The van der Waals surface area contributed by atoms with Crippen LogP contribution in [0.2, 0.25) is 0 Å². The zero-order valence-corrected chi connectivity index (χ0v) is 14.4. The van der Waals surface area contributed by atoms with Crippen LogP contribution >= 0.6 is 0 Å². The van der Waals surface area contributed by atoms with Crippen molar-refractivity contribution >= 4 is 12.0 Å². The van der Waals surface area contributed by atoms with Crippen LogP contribution in [0, 0.1) is 5.82 Å². The average Bonchev–Trinajstić information content (AvgIpc) is 3.10. The molecule has 1 aliphatic heterocycles. The van der Waals surface area contributed by atoms with Gasteiger partial charge in [-0.1, -0.05) is 18.2 Å². The monoisotopic (exact) mass is 342 g/mol. The summed E-state index contributed by atoms with van der Waals surface area (Å²) < 4.78 is 15.6. The zero-order valence-electron chi connectivity index (χ0n) is 14.4. The van der Waals surface area contributed by atoms with E-state index in [9.17, 15) is 9.18 Å². The van der Waals surface area contributed by atoms with Crippen molar-refractivity contribution in [3.05, 3.63) is 59.7 Å². The lowest BCUT2D eigenvalue weighted by Gasteiger charge is -2.34. The second kappa shape index (κ2) is 8.07. The Morgan fingerprint density at radius 3 is 2.68 bits per heavy atom. The van der Waals surface area contributed by atoms with Gasteiger partial charge in [-0.05, 0) is 19.1 Å². The SMILES string of the molecule is CCn1cc(/C=C/C(=O)N2CCN(Cc3ccccc3F)CC2)cn1. The standard InChI is InChI=1S/C19H23FN4O/c1-2-24-14-16(13-21-24)7-8-19(25)23-11-9-22(10-12-23)15-17-5-3-4-6-18(17)20/h3-8,13-14H,2,9-12,15H2,1H3/b8-7+. The molecule has 1 aliphatic rings. The second-order valence-electron chi connectivity index (χ2n) is 6.16. The smallest absolute Gasteiger partial charge is 0.246 e. The van der Waals surface area contributed by atoms with Crippen molar-refractivity contribution in [3.63, 3.8) is 0 Å². The Morgan fingerprint density at radius 1 is 1.24 bits per heavy atom. The van der Waals surface area contributed by atoms with E-state index in [1.165, 1.54) is 6.07 Å². The van der Waals surface area contributed by atoms with Crippen LogP contribution < -0.4 is 0 Å². The molecule has 0 saturated carbocycles. The molecule has 0 bridgehead atoms. The highest BCUT2D eigenvalue weighted by molar-refractivity contribution is 5.91. The van der Waals surface area contributed by atoms with E-state index in [-0.39, 0.29) is 11.7 Å². The molecule has 1 fully saturated rings. The van der Waals surface area contributed by atoms with Crippen LogP contribution in [0.3, 0.4) is 0 Å². The van der Waals surface area contributed by atoms with E-state index < -0.39 is 0 Å². The van der Waals surface area contributed by atoms with Crippen LogP contribution in [0.1, 0.15) is 18.1 Å². The van der Waals surface area contributed by atoms with Crippen molar-refractivity contribution in [2.24, 2.45) is 0 Å². The number of halogens is 1. The van der Waals surface area contributed by atoms with Gasteiger partial charge in [0.15, 0.2) is 0 Å². The van der Waals surface area contributed by atoms with Crippen LogP contribution in [0.4, 0.5) is 4.39 Å². The molecule has 1 aromatic carbocycles. The fourth-order valence-corrected chi connectivity index (χ4v) is 2.91. The summed E-state index contributed by atoms with van der Waals surface area (Å²) in [7, 11) is 0. The molecule has 0 aliphatic carbocycles. The molecular formula is C19H23FN4O. The molecule has 1 saturated heterocycles. The van der Waals surface area contributed by atoms with Gasteiger partial charge in [0.2, 0.25) is 5.91 Å². The highest BCUT2D eigenvalue weighted by atomic mass is 19.1. The molecule has 2 aromatic rings. The number of aryl methyl sites for hydroxylation is 1. The Hall–Kier alpha value is -2.47. The fourth-order valence-electron chi connectivity index (χ4n) is 2.91. The molecule has 0 unspecified atom stereocenters. The molecule has 0 radical (unpaired) electrons. The van der Waals surface area contributed by atoms with Gasteiger partial charge in [-0.25, -0.2) is 4.39 Å². The predicted molar refractivity (Wildman–Crippen MR) is 95.2 cm³/mol. The van der Waals surface area contributed by atoms with Gasteiger partial charge in [-0.3, -0.25) is 14.4 Å². The quantitative estimate of drug-likeness (QED) is 0.784. The van der Waals surface area contributed by atoms with Crippen LogP contribution in [0.15, 0.2) is 42.7 Å². The third-order valence-corrected chi connectivity index (χ3v) is 4.43. The lowest BCUT2D eigenvalue weighted by molar-refractivity contribution is -0.127. The van der Waals surface area contributed by atoms with Crippen molar-refractivity contribution in [2.75, 3.05) is 26.2 Å². The highest BCUT2D eigenvalue weighted by Crippen LogP contribution is 2.12. The summed E-state index contributed by atoms with van der Waals surface area (Å²) in [6, 6.07) is 6.85. The highest BCUT2D eigenvalue weighted by Gasteiger charge is 2.20. The number of hydrogen-bond acceptors (Lipinski definition) is 3. The predicted octanol–water partition coefficient (Wildman–Crippen LogP) is 2.40. The van der Waals surface area contributed by atoms with E-state index in [1.54, 1.807) is 24.4 Å². The van der Waals surface area contributed by atoms with E-state index in [0.29, 0.717) is 25.2 Å². The summed E-state index contributed by atoms with van der Waals surface area (Å²) in [5, 5.41) is 4.19. The largest absolute Gasteiger partial charge is 0.337 e. The van der Waals surface area contributed by atoms with E-state index in [0.717, 1.165) is 25.2 Å². The number of piperazine rings is 1. The summed E-state index contributed by atoms with van der Waals surface area (Å²) in [5.41, 5.74) is 1.63. The topological polar surface area (TPSA) is 41.4 Å². The first-order valence-corrected chi connectivity index (χ1v) is 8.61. The Labute approximate surface area is 147 Å². The Morgan fingerprint density at radius 2 is 2.00 bits per heavy atom. The Kier molecular flexibility index (Phi) is 5.60. The van der Waals surface area contributed by atoms with E-state index in [1.807, 2.05) is 34.8 Å². The number of benzene rings is 1. The number of carbonyl (C=O) groups excluding carboxylic acids is 1.